The second-order valence-corrected chi connectivity index (χ2v) is 5.79. The molecule has 8 heteroatoms. The Kier molecular flexibility index (Phi) is 9.83. The van der Waals surface area contributed by atoms with Crippen molar-refractivity contribution in [1.29, 1.82) is 0 Å². The Morgan fingerprint density at radius 3 is 1.56 bits per heavy atom. The van der Waals surface area contributed by atoms with Crippen molar-refractivity contribution < 1.29 is 13.6 Å². The standard InChI is InChI=1S/C8H14Cl4O3P/c1-5(7(11)3-9)14-16(13)15-6(2)8(12)4-10/h5-8H,3-4H2,1-2H3/q+1. The first-order chi connectivity index (χ1) is 7.42. The molecule has 0 rings (SSSR count). The first-order valence-electron chi connectivity index (χ1n) is 4.63. The maximum atomic E-state index is 11.4. The molecule has 0 aromatic carbocycles. The average Bonchev–Trinajstić information content (AvgIpc) is 2.26. The minimum absolute atomic E-state index is 0.210. The van der Waals surface area contributed by atoms with E-state index in [4.69, 9.17) is 55.5 Å². The summed E-state index contributed by atoms with van der Waals surface area (Å²) in [4.78, 5) is 0. The van der Waals surface area contributed by atoms with Crippen LogP contribution in [-0.4, -0.2) is 34.7 Å². The lowest BCUT2D eigenvalue weighted by Gasteiger charge is -2.11. The Bertz CT molecular complexity index is 199. The third-order valence-corrected chi connectivity index (χ3v) is 4.83. The van der Waals surface area contributed by atoms with Crippen LogP contribution in [0.3, 0.4) is 0 Å². The van der Waals surface area contributed by atoms with Crippen molar-refractivity contribution in [1.82, 2.24) is 0 Å². The van der Waals surface area contributed by atoms with Crippen molar-refractivity contribution in [3.05, 3.63) is 0 Å². The first kappa shape index (κ1) is 17.2. The van der Waals surface area contributed by atoms with E-state index in [2.05, 4.69) is 0 Å². The third kappa shape index (κ3) is 6.80. The van der Waals surface area contributed by atoms with Crippen molar-refractivity contribution in [2.75, 3.05) is 11.8 Å². The SMILES string of the molecule is CC(O[P+](=O)OC(C)C(Cl)CCl)C(Cl)CCl. The van der Waals surface area contributed by atoms with Gasteiger partial charge >= 0.3 is 8.25 Å². The summed E-state index contributed by atoms with van der Waals surface area (Å²) in [7, 11) is -2.27. The molecule has 0 N–H and O–H groups in total. The molecule has 3 nitrogen and oxygen atoms in total. The van der Waals surface area contributed by atoms with Crippen LogP contribution in [0.1, 0.15) is 13.8 Å². The molecule has 0 amide bonds. The lowest BCUT2D eigenvalue weighted by Crippen LogP contribution is -2.23. The number of hydrogen-bond acceptors (Lipinski definition) is 3. The smallest absolute Gasteiger partial charge is 0.125 e. The van der Waals surface area contributed by atoms with Gasteiger partial charge in [0.25, 0.3) is 0 Å². The quantitative estimate of drug-likeness (QED) is 0.495. The summed E-state index contributed by atoms with van der Waals surface area (Å²) in [5, 5.41) is -0.835. The molecular formula is C8H14Cl4O3P+. The van der Waals surface area contributed by atoms with Crippen LogP contribution < -0.4 is 0 Å². The summed E-state index contributed by atoms with van der Waals surface area (Å²) in [6.07, 6.45) is -0.917. The molecule has 0 radical (unpaired) electrons. The van der Waals surface area contributed by atoms with E-state index in [0.29, 0.717) is 0 Å². The topological polar surface area (TPSA) is 35.5 Å². The van der Waals surface area contributed by atoms with Gasteiger partial charge in [0, 0.05) is 16.3 Å². The highest BCUT2D eigenvalue weighted by atomic mass is 35.5. The maximum absolute atomic E-state index is 11.4. The van der Waals surface area contributed by atoms with Crippen LogP contribution in [0.4, 0.5) is 0 Å². The Morgan fingerprint density at radius 1 is 1.00 bits per heavy atom. The summed E-state index contributed by atoms with van der Waals surface area (Å²) in [5.41, 5.74) is 0. The summed E-state index contributed by atoms with van der Waals surface area (Å²) in [6.45, 7) is 3.34. The van der Waals surface area contributed by atoms with Crippen molar-refractivity contribution in [3.8, 4) is 0 Å². The zero-order chi connectivity index (χ0) is 12.7. The third-order valence-electron chi connectivity index (χ3n) is 1.82. The highest BCUT2D eigenvalue weighted by Crippen LogP contribution is 2.31. The van der Waals surface area contributed by atoms with Gasteiger partial charge in [-0.05, 0) is 13.8 Å². The van der Waals surface area contributed by atoms with Crippen molar-refractivity contribution in [2.45, 2.75) is 36.8 Å². The van der Waals surface area contributed by atoms with Gasteiger partial charge in [-0.2, -0.15) is 0 Å². The van der Waals surface area contributed by atoms with E-state index in [1.165, 1.54) is 0 Å². The summed E-state index contributed by atoms with van der Waals surface area (Å²) >= 11 is 22.6. The van der Waals surface area contributed by atoms with Gasteiger partial charge in [0.15, 0.2) is 0 Å². The van der Waals surface area contributed by atoms with E-state index >= 15 is 0 Å². The molecule has 16 heavy (non-hydrogen) atoms. The molecular weight excluding hydrogens is 317 g/mol. The van der Waals surface area contributed by atoms with E-state index in [0.717, 1.165) is 0 Å². The highest BCUT2D eigenvalue weighted by Gasteiger charge is 2.33. The van der Waals surface area contributed by atoms with Gasteiger partial charge in [0.1, 0.15) is 12.2 Å². The van der Waals surface area contributed by atoms with E-state index in [9.17, 15) is 4.57 Å². The molecule has 0 aromatic rings. The number of alkyl halides is 4. The Labute approximate surface area is 117 Å². The zero-order valence-corrected chi connectivity index (χ0v) is 12.8. The molecule has 0 aliphatic heterocycles. The molecule has 0 aliphatic carbocycles. The largest absolute Gasteiger partial charge is 0.698 e. The fourth-order valence-corrected chi connectivity index (χ4v) is 2.31. The van der Waals surface area contributed by atoms with Crippen LogP contribution in [0.25, 0.3) is 0 Å². The van der Waals surface area contributed by atoms with Gasteiger partial charge < -0.3 is 0 Å². The molecule has 0 saturated heterocycles. The summed E-state index contributed by atoms with van der Waals surface area (Å²) in [6, 6.07) is 0. The van der Waals surface area contributed by atoms with Crippen molar-refractivity contribution in [3.63, 3.8) is 0 Å². The number of rotatable bonds is 8. The molecule has 0 aliphatic rings. The number of halogens is 4. The van der Waals surface area contributed by atoms with Crippen LogP contribution in [0.15, 0.2) is 0 Å². The van der Waals surface area contributed by atoms with Gasteiger partial charge in [-0.3, -0.25) is 0 Å². The fourth-order valence-electron chi connectivity index (χ4n) is 0.679. The molecule has 0 spiro atoms. The summed E-state index contributed by atoms with van der Waals surface area (Å²) in [5.74, 6) is 0.419. The van der Waals surface area contributed by atoms with Gasteiger partial charge in [-0.15, -0.1) is 55.5 Å². The fraction of sp³-hybridized carbons (Fsp3) is 1.00. The average molecular weight is 331 g/mol. The molecule has 0 fully saturated rings. The first-order valence-corrected chi connectivity index (χ1v) is 7.67. The van der Waals surface area contributed by atoms with Crippen LogP contribution >= 0.6 is 54.7 Å². The van der Waals surface area contributed by atoms with E-state index in [1.807, 2.05) is 0 Å². The van der Waals surface area contributed by atoms with Crippen LogP contribution in [0, 0.1) is 0 Å². The molecule has 4 atom stereocenters. The summed E-state index contributed by atoms with van der Waals surface area (Å²) < 4.78 is 21.5. The lowest BCUT2D eigenvalue weighted by atomic mass is 10.3. The van der Waals surface area contributed by atoms with Crippen LogP contribution in [0.5, 0.6) is 0 Å². The van der Waals surface area contributed by atoms with E-state index in [1.54, 1.807) is 13.8 Å². The Morgan fingerprint density at radius 2 is 1.31 bits per heavy atom. The Hall–Kier alpha value is 1.18. The molecule has 0 heterocycles. The molecule has 0 bridgehead atoms. The van der Waals surface area contributed by atoms with E-state index in [-0.39, 0.29) is 11.8 Å². The normalized spacial score (nSPS) is 20.0. The molecule has 0 aromatic heterocycles. The van der Waals surface area contributed by atoms with E-state index < -0.39 is 31.2 Å². The molecule has 0 saturated carbocycles. The van der Waals surface area contributed by atoms with Crippen LogP contribution in [0.2, 0.25) is 0 Å². The monoisotopic (exact) mass is 329 g/mol. The predicted molar refractivity (Wildman–Crippen MR) is 69.4 cm³/mol. The lowest BCUT2D eigenvalue weighted by molar-refractivity contribution is 0.144. The molecule has 4 unspecified atom stereocenters. The number of hydrogen-bond donors (Lipinski definition) is 0. The molecule has 96 valence electrons. The van der Waals surface area contributed by atoms with Crippen LogP contribution in [-0.2, 0) is 13.6 Å². The maximum Gasteiger partial charge on any atom is 0.698 e. The Balaban J connectivity index is 3.99. The minimum atomic E-state index is -2.27. The zero-order valence-electron chi connectivity index (χ0n) is 8.91. The van der Waals surface area contributed by atoms with Gasteiger partial charge in [0.2, 0.25) is 0 Å². The van der Waals surface area contributed by atoms with Gasteiger partial charge in [-0.25, -0.2) is 0 Å². The van der Waals surface area contributed by atoms with Gasteiger partial charge in [0.05, 0.1) is 10.8 Å². The van der Waals surface area contributed by atoms with Crippen molar-refractivity contribution in [2.24, 2.45) is 0 Å². The minimum Gasteiger partial charge on any atom is -0.125 e. The van der Waals surface area contributed by atoms with Gasteiger partial charge in [-0.1, -0.05) is 0 Å². The highest BCUT2D eigenvalue weighted by molar-refractivity contribution is 7.33. The second kappa shape index (κ2) is 9.16. The second-order valence-electron chi connectivity index (χ2n) is 3.19. The van der Waals surface area contributed by atoms with Crippen molar-refractivity contribution >= 4 is 54.7 Å². The predicted octanol–water partition coefficient (Wildman–Crippen LogP) is 4.15.